The predicted molar refractivity (Wildman–Crippen MR) is 69.2 cm³/mol. The van der Waals surface area contributed by atoms with Gasteiger partial charge in [-0.15, -0.1) is 0 Å². The largest absolute Gasteiger partial charge is 0.481 e. The van der Waals surface area contributed by atoms with E-state index in [2.05, 4.69) is 5.32 Å². The van der Waals surface area contributed by atoms with Gasteiger partial charge in [-0.05, 0) is 23.6 Å². The summed E-state index contributed by atoms with van der Waals surface area (Å²) < 4.78 is 0. The molecule has 0 aliphatic rings. The second kappa shape index (κ2) is 6.62. The van der Waals surface area contributed by atoms with Crippen LogP contribution in [-0.2, 0) is 11.3 Å². The lowest BCUT2D eigenvalue weighted by Crippen LogP contribution is -2.35. The van der Waals surface area contributed by atoms with E-state index < -0.39 is 5.97 Å². The minimum absolute atomic E-state index is 0.0109. The number of carbonyl (C=O) groups is 1. The van der Waals surface area contributed by atoms with Crippen LogP contribution in [0.4, 0.5) is 0 Å². The molecule has 0 aliphatic heterocycles. The maximum Gasteiger partial charge on any atom is 0.304 e. The molecule has 94 valence electrons. The van der Waals surface area contributed by atoms with Crippen LogP contribution in [-0.4, -0.2) is 17.1 Å². The van der Waals surface area contributed by atoms with E-state index >= 15 is 0 Å². The molecule has 0 bridgehead atoms. The van der Waals surface area contributed by atoms with Gasteiger partial charge in [0.25, 0.3) is 0 Å². The summed E-state index contributed by atoms with van der Waals surface area (Å²) in [7, 11) is 0. The van der Waals surface area contributed by atoms with E-state index in [0.717, 1.165) is 5.56 Å². The summed E-state index contributed by atoms with van der Waals surface area (Å²) in [6.07, 6.45) is 0.144. The van der Waals surface area contributed by atoms with E-state index in [4.69, 9.17) is 16.7 Å². The average molecular weight is 256 g/mol. The van der Waals surface area contributed by atoms with Crippen molar-refractivity contribution in [2.24, 2.45) is 5.92 Å². The van der Waals surface area contributed by atoms with Crippen molar-refractivity contribution in [1.29, 1.82) is 0 Å². The fraction of sp³-hybridized carbons (Fsp3) is 0.462. The first-order valence-electron chi connectivity index (χ1n) is 5.68. The second-order valence-electron chi connectivity index (χ2n) is 4.46. The summed E-state index contributed by atoms with van der Waals surface area (Å²) in [5.41, 5.74) is 1.10. The molecular formula is C13H18ClNO2. The number of carboxylic acids is 1. The maximum absolute atomic E-state index is 10.7. The fourth-order valence-corrected chi connectivity index (χ4v) is 1.71. The topological polar surface area (TPSA) is 49.3 Å². The Labute approximate surface area is 107 Å². The molecular weight excluding hydrogens is 238 g/mol. The van der Waals surface area contributed by atoms with Gasteiger partial charge < -0.3 is 10.4 Å². The first-order chi connectivity index (χ1) is 7.99. The molecule has 4 heteroatoms. The summed E-state index contributed by atoms with van der Waals surface area (Å²) in [6.45, 7) is 4.69. The van der Waals surface area contributed by atoms with Crippen LogP contribution in [0.2, 0.25) is 5.02 Å². The molecule has 0 radical (unpaired) electrons. The van der Waals surface area contributed by atoms with Gasteiger partial charge in [0.1, 0.15) is 0 Å². The molecule has 0 saturated carbocycles. The highest BCUT2D eigenvalue weighted by Gasteiger charge is 2.16. The Bertz CT molecular complexity index is 362. The number of aliphatic carboxylic acids is 1. The molecule has 0 heterocycles. The molecule has 1 atom stereocenters. The number of rotatable bonds is 6. The Morgan fingerprint density at radius 3 is 2.41 bits per heavy atom. The number of hydrogen-bond donors (Lipinski definition) is 2. The molecule has 0 aliphatic carbocycles. The Balaban J connectivity index is 2.51. The number of hydrogen-bond acceptors (Lipinski definition) is 2. The van der Waals surface area contributed by atoms with Gasteiger partial charge in [-0.1, -0.05) is 37.6 Å². The average Bonchev–Trinajstić information content (AvgIpc) is 2.25. The monoisotopic (exact) mass is 255 g/mol. The van der Waals surface area contributed by atoms with E-state index in [1.807, 2.05) is 38.1 Å². The van der Waals surface area contributed by atoms with E-state index in [1.54, 1.807) is 0 Å². The van der Waals surface area contributed by atoms with Crippen molar-refractivity contribution in [2.75, 3.05) is 0 Å². The Morgan fingerprint density at radius 1 is 1.35 bits per heavy atom. The Hall–Kier alpha value is -1.06. The molecule has 1 aromatic carbocycles. The smallest absolute Gasteiger partial charge is 0.304 e. The van der Waals surface area contributed by atoms with Crippen molar-refractivity contribution in [1.82, 2.24) is 5.32 Å². The normalized spacial score (nSPS) is 12.7. The van der Waals surface area contributed by atoms with Gasteiger partial charge in [0, 0.05) is 17.6 Å². The van der Waals surface area contributed by atoms with E-state index in [9.17, 15) is 4.79 Å². The van der Waals surface area contributed by atoms with Crippen LogP contribution < -0.4 is 5.32 Å². The standard InChI is InChI=1S/C13H18ClNO2/c1-9(2)12(7-13(16)17)15-8-10-3-5-11(14)6-4-10/h3-6,9,12,15H,7-8H2,1-2H3,(H,16,17)/t12-/m0/s1. The van der Waals surface area contributed by atoms with Gasteiger partial charge >= 0.3 is 5.97 Å². The van der Waals surface area contributed by atoms with Crippen LogP contribution >= 0.6 is 11.6 Å². The van der Waals surface area contributed by atoms with Crippen molar-refractivity contribution in [2.45, 2.75) is 32.9 Å². The minimum atomic E-state index is -0.771. The summed E-state index contributed by atoms with van der Waals surface area (Å²) >= 11 is 5.80. The molecule has 0 saturated heterocycles. The van der Waals surface area contributed by atoms with Crippen molar-refractivity contribution >= 4 is 17.6 Å². The summed E-state index contributed by atoms with van der Waals surface area (Å²) in [5, 5.41) is 12.8. The lowest BCUT2D eigenvalue weighted by atomic mass is 10.0. The summed E-state index contributed by atoms with van der Waals surface area (Å²) in [6, 6.07) is 7.53. The van der Waals surface area contributed by atoms with Crippen LogP contribution in [0, 0.1) is 5.92 Å². The molecule has 1 rings (SSSR count). The Morgan fingerprint density at radius 2 is 1.94 bits per heavy atom. The molecule has 0 spiro atoms. The third-order valence-corrected chi connectivity index (χ3v) is 2.93. The molecule has 0 amide bonds. The summed E-state index contributed by atoms with van der Waals surface area (Å²) in [5.74, 6) is -0.481. The van der Waals surface area contributed by atoms with Gasteiger partial charge in [0.05, 0.1) is 6.42 Å². The Kier molecular flexibility index (Phi) is 5.45. The summed E-state index contributed by atoms with van der Waals surface area (Å²) in [4.78, 5) is 10.7. The maximum atomic E-state index is 10.7. The SMILES string of the molecule is CC(C)[C@H](CC(=O)O)NCc1ccc(Cl)cc1. The highest BCUT2D eigenvalue weighted by molar-refractivity contribution is 6.30. The molecule has 0 fully saturated rings. The molecule has 1 aromatic rings. The van der Waals surface area contributed by atoms with Crippen LogP contribution in [0.1, 0.15) is 25.8 Å². The van der Waals surface area contributed by atoms with Crippen LogP contribution in [0.25, 0.3) is 0 Å². The molecule has 2 N–H and O–H groups in total. The van der Waals surface area contributed by atoms with Gasteiger partial charge in [0.2, 0.25) is 0 Å². The van der Waals surface area contributed by atoms with Crippen LogP contribution in [0.15, 0.2) is 24.3 Å². The second-order valence-corrected chi connectivity index (χ2v) is 4.89. The third kappa shape index (κ3) is 5.20. The third-order valence-electron chi connectivity index (χ3n) is 2.68. The quantitative estimate of drug-likeness (QED) is 0.822. The fourth-order valence-electron chi connectivity index (χ4n) is 1.58. The zero-order valence-electron chi connectivity index (χ0n) is 10.1. The van der Waals surface area contributed by atoms with E-state index in [1.165, 1.54) is 0 Å². The number of nitrogens with one attached hydrogen (secondary N) is 1. The molecule has 17 heavy (non-hydrogen) atoms. The first kappa shape index (κ1) is 14.0. The van der Waals surface area contributed by atoms with Gasteiger partial charge in [0.15, 0.2) is 0 Å². The lowest BCUT2D eigenvalue weighted by Gasteiger charge is -2.20. The highest BCUT2D eigenvalue weighted by Crippen LogP contribution is 2.11. The van der Waals surface area contributed by atoms with Gasteiger partial charge in [-0.2, -0.15) is 0 Å². The zero-order valence-corrected chi connectivity index (χ0v) is 10.9. The molecule has 0 aromatic heterocycles. The molecule has 3 nitrogen and oxygen atoms in total. The number of carboxylic acid groups (broad SMARTS) is 1. The lowest BCUT2D eigenvalue weighted by molar-refractivity contribution is -0.137. The van der Waals surface area contributed by atoms with Crippen molar-refractivity contribution in [3.05, 3.63) is 34.9 Å². The number of benzene rings is 1. The van der Waals surface area contributed by atoms with Gasteiger partial charge in [-0.3, -0.25) is 4.79 Å². The van der Waals surface area contributed by atoms with Gasteiger partial charge in [-0.25, -0.2) is 0 Å². The van der Waals surface area contributed by atoms with E-state index in [0.29, 0.717) is 17.5 Å². The van der Waals surface area contributed by atoms with Crippen LogP contribution in [0.3, 0.4) is 0 Å². The zero-order chi connectivity index (χ0) is 12.8. The van der Waals surface area contributed by atoms with Crippen molar-refractivity contribution in [3.8, 4) is 0 Å². The number of halogens is 1. The highest BCUT2D eigenvalue weighted by atomic mass is 35.5. The molecule has 0 unspecified atom stereocenters. The van der Waals surface area contributed by atoms with Crippen LogP contribution in [0.5, 0.6) is 0 Å². The minimum Gasteiger partial charge on any atom is -0.481 e. The predicted octanol–water partition coefficient (Wildman–Crippen LogP) is 2.93. The van der Waals surface area contributed by atoms with Crippen molar-refractivity contribution in [3.63, 3.8) is 0 Å². The van der Waals surface area contributed by atoms with E-state index in [-0.39, 0.29) is 12.5 Å². The first-order valence-corrected chi connectivity index (χ1v) is 6.06. The van der Waals surface area contributed by atoms with Crippen molar-refractivity contribution < 1.29 is 9.90 Å².